The van der Waals surface area contributed by atoms with Crippen molar-refractivity contribution in [2.24, 2.45) is 0 Å². The van der Waals surface area contributed by atoms with Gasteiger partial charge in [-0.05, 0) is 30.7 Å². The molecular formula is C11H10FN. The lowest BCUT2D eigenvalue weighted by Gasteiger charge is -2.30. The molecule has 66 valence electrons. The van der Waals surface area contributed by atoms with Crippen LogP contribution in [-0.4, -0.2) is 0 Å². The molecule has 1 aromatic rings. The summed E-state index contributed by atoms with van der Waals surface area (Å²) in [6.07, 6.45) is 2.95. The Hall–Kier alpha value is -1.36. The van der Waals surface area contributed by atoms with Crippen LogP contribution in [0.4, 0.5) is 4.39 Å². The van der Waals surface area contributed by atoms with Gasteiger partial charge in [-0.1, -0.05) is 0 Å². The predicted molar refractivity (Wildman–Crippen MR) is 48.5 cm³/mol. The number of rotatable bonds is 1. The fraction of sp³-hybridized carbons (Fsp3) is 0.364. The van der Waals surface area contributed by atoms with E-state index in [0.29, 0.717) is 0 Å². The van der Waals surface area contributed by atoms with Crippen LogP contribution in [-0.2, 0) is 5.54 Å². The number of hydrogen-bond acceptors (Lipinski definition) is 0. The first kappa shape index (κ1) is 8.25. The summed E-state index contributed by atoms with van der Waals surface area (Å²) in [6, 6.07) is 6.32. The smallest absolute Gasteiger partial charge is 0.257 e. The van der Waals surface area contributed by atoms with Crippen molar-refractivity contribution < 1.29 is 4.39 Å². The van der Waals surface area contributed by atoms with Crippen molar-refractivity contribution in [2.75, 3.05) is 0 Å². The van der Waals surface area contributed by atoms with Crippen LogP contribution >= 0.6 is 0 Å². The van der Waals surface area contributed by atoms with Gasteiger partial charge in [-0.2, -0.15) is 0 Å². The summed E-state index contributed by atoms with van der Waals surface area (Å²) in [4.78, 5) is 3.65. The van der Waals surface area contributed by atoms with Gasteiger partial charge in [0.15, 0.2) is 0 Å². The van der Waals surface area contributed by atoms with Gasteiger partial charge in [0.25, 0.3) is 5.54 Å². The van der Waals surface area contributed by atoms with Crippen LogP contribution in [0.1, 0.15) is 24.8 Å². The lowest BCUT2D eigenvalue weighted by molar-refractivity contribution is 0.310. The molecule has 2 heteroatoms. The van der Waals surface area contributed by atoms with Gasteiger partial charge in [-0.3, -0.25) is 0 Å². The Morgan fingerprint density at radius 1 is 1.23 bits per heavy atom. The second-order valence-corrected chi connectivity index (χ2v) is 3.50. The zero-order valence-corrected chi connectivity index (χ0v) is 7.26. The van der Waals surface area contributed by atoms with E-state index in [9.17, 15) is 4.39 Å². The molecule has 2 rings (SSSR count). The average molecular weight is 175 g/mol. The summed E-state index contributed by atoms with van der Waals surface area (Å²) < 4.78 is 12.6. The van der Waals surface area contributed by atoms with Gasteiger partial charge in [0.1, 0.15) is 5.82 Å². The van der Waals surface area contributed by atoms with Crippen LogP contribution in [0.25, 0.3) is 4.85 Å². The van der Waals surface area contributed by atoms with Gasteiger partial charge in [0.05, 0.1) is 0 Å². The first-order chi connectivity index (χ1) is 6.27. The van der Waals surface area contributed by atoms with E-state index in [1.54, 1.807) is 12.1 Å². The lowest BCUT2D eigenvalue weighted by Crippen LogP contribution is -2.30. The van der Waals surface area contributed by atoms with Crippen LogP contribution in [0.15, 0.2) is 24.3 Å². The van der Waals surface area contributed by atoms with Crippen LogP contribution in [0.5, 0.6) is 0 Å². The predicted octanol–water partition coefficient (Wildman–Crippen LogP) is 3.12. The molecule has 1 nitrogen and oxygen atoms in total. The molecule has 0 aliphatic heterocycles. The zero-order valence-electron chi connectivity index (χ0n) is 7.26. The minimum Gasteiger partial charge on any atom is -0.305 e. The molecule has 0 unspecified atom stereocenters. The quantitative estimate of drug-likeness (QED) is 0.577. The largest absolute Gasteiger partial charge is 0.305 e. The number of nitrogens with zero attached hydrogens (tertiary/aromatic N) is 1. The van der Waals surface area contributed by atoms with E-state index in [1.165, 1.54) is 12.1 Å². The van der Waals surface area contributed by atoms with Gasteiger partial charge in [-0.25, -0.2) is 11.0 Å². The van der Waals surface area contributed by atoms with E-state index in [-0.39, 0.29) is 11.4 Å². The molecule has 1 aromatic carbocycles. The first-order valence-electron chi connectivity index (χ1n) is 4.41. The molecule has 1 aliphatic rings. The van der Waals surface area contributed by atoms with E-state index in [0.717, 1.165) is 24.8 Å². The second-order valence-electron chi connectivity index (χ2n) is 3.50. The van der Waals surface area contributed by atoms with Gasteiger partial charge in [0, 0.05) is 18.4 Å². The van der Waals surface area contributed by atoms with Crippen molar-refractivity contribution in [3.8, 4) is 0 Å². The van der Waals surface area contributed by atoms with Crippen molar-refractivity contribution in [3.05, 3.63) is 47.1 Å². The SMILES string of the molecule is [C-]#[N+]C1(c2ccc(F)cc2)CCC1. The molecule has 0 bridgehead atoms. The van der Waals surface area contributed by atoms with Crippen molar-refractivity contribution in [2.45, 2.75) is 24.8 Å². The molecule has 0 radical (unpaired) electrons. The maximum absolute atomic E-state index is 12.6. The summed E-state index contributed by atoms with van der Waals surface area (Å²) in [5, 5.41) is 0. The van der Waals surface area contributed by atoms with Crippen LogP contribution in [0.3, 0.4) is 0 Å². The Morgan fingerprint density at radius 2 is 1.85 bits per heavy atom. The molecule has 1 saturated carbocycles. The van der Waals surface area contributed by atoms with Crippen molar-refractivity contribution in [1.29, 1.82) is 0 Å². The Kier molecular flexibility index (Phi) is 1.81. The Bertz CT molecular complexity index is 343. The van der Waals surface area contributed by atoms with E-state index in [2.05, 4.69) is 4.85 Å². The number of halogens is 1. The highest BCUT2D eigenvalue weighted by Crippen LogP contribution is 2.44. The van der Waals surface area contributed by atoms with E-state index in [4.69, 9.17) is 6.57 Å². The fourth-order valence-corrected chi connectivity index (χ4v) is 1.74. The normalized spacial score (nSPS) is 18.8. The first-order valence-corrected chi connectivity index (χ1v) is 4.41. The average Bonchev–Trinajstić information content (AvgIpc) is 2.07. The maximum Gasteiger partial charge on any atom is 0.257 e. The van der Waals surface area contributed by atoms with Gasteiger partial charge in [-0.15, -0.1) is 0 Å². The van der Waals surface area contributed by atoms with E-state index < -0.39 is 0 Å². The summed E-state index contributed by atoms with van der Waals surface area (Å²) in [7, 11) is 0. The summed E-state index contributed by atoms with van der Waals surface area (Å²) in [5.41, 5.74) is 0.642. The third-order valence-corrected chi connectivity index (χ3v) is 2.78. The molecule has 0 N–H and O–H groups in total. The highest BCUT2D eigenvalue weighted by molar-refractivity contribution is 5.31. The Labute approximate surface area is 77.0 Å². The van der Waals surface area contributed by atoms with Crippen molar-refractivity contribution in [1.82, 2.24) is 0 Å². The van der Waals surface area contributed by atoms with Gasteiger partial charge >= 0.3 is 0 Å². The maximum atomic E-state index is 12.6. The van der Waals surface area contributed by atoms with Crippen molar-refractivity contribution >= 4 is 0 Å². The standard InChI is InChI=1S/C11H10FN/c1-13-11(7-2-8-11)9-3-5-10(12)6-4-9/h3-6H,2,7-8H2. The topological polar surface area (TPSA) is 4.36 Å². The van der Waals surface area contributed by atoms with Gasteiger partial charge < -0.3 is 4.85 Å². The number of hydrogen-bond donors (Lipinski definition) is 0. The summed E-state index contributed by atoms with van der Waals surface area (Å²) in [5.74, 6) is -0.233. The monoisotopic (exact) mass is 175 g/mol. The summed E-state index contributed by atoms with van der Waals surface area (Å²) in [6.45, 7) is 7.13. The third kappa shape index (κ3) is 1.21. The molecule has 0 amide bonds. The van der Waals surface area contributed by atoms with Gasteiger partial charge in [0.2, 0.25) is 0 Å². The van der Waals surface area contributed by atoms with Crippen LogP contribution < -0.4 is 0 Å². The Morgan fingerprint density at radius 3 is 2.23 bits per heavy atom. The minimum absolute atomic E-state index is 0.233. The molecule has 0 spiro atoms. The molecular weight excluding hydrogens is 165 g/mol. The highest BCUT2D eigenvalue weighted by atomic mass is 19.1. The molecule has 0 saturated heterocycles. The van der Waals surface area contributed by atoms with E-state index in [1.807, 2.05) is 0 Å². The molecule has 0 atom stereocenters. The molecule has 13 heavy (non-hydrogen) atoms. The minimum atomic E-state index is -0.326. The molecule has 1 aliphatic carbocycles. The second kappa shape index (κ2) is 2.85. The van der Waals surface area contributed by atoms with Crippen LogP contribution in [0.2, 0.25) is 0 Å². The fourth-order valence-electron chi connectivity index (χ4n) is 1.74. The Balaban J connectivity index is 2.35. The zero-order chi connectivity index (χ0) is 9.31. The number of benzene rings is 1. The molecule has 0 aromatic heterocycles. The lowest BCUT2D eigenvalue weighted by atomic mass is 9.72. The summed E-state index contributed by atoms with van der Waals surface area (Å²) >= 11 is 0. The van der Waals surface area contributed by atoms with E-state index >= 15 is 0 Å². The highest BCUT2D eigenvalue weighted by Gasteiger charge is 2.45. The van der Waals surface area contributed by atoms with Crippen molar-refractivity contribution in [3.63, 3.8) is 0 Å². The molecule has 1 fully saturated rings. The van der Waals surface area contributed by atoms with Crippen LogP contribution in [0, 0.1) is 12.4 Å². The third-order valence-electron chi connectivity index (χ3n) is 2.78. The molecule has 0 heterocycles.